The van der Waals surface area contributed by atoms with Crippen LogP contribution >= 0.6 is 0 Å². The predicted molar refractivity (Wildman–Crippen MR) is 110 cm³/mol. The van der Waals surface area contributed by atoms with Crippen LogP contribution in [0.4, 0.5) is 8.78 Å². The second-order valence-corrected chi connectivity index (χ2v) is 8.10. The second kappa shape index (κ2) is 7.66. The van der Waals surface area contributed by atoms with E-state index < -0.39 is 5.92 Å². The second-order valence-electron chi connectivity index (χ2n) is 8.10. The van der Waals surface area contributed by atoms with Gasteiger partial charge in [-0.05, 0) is 39.0 Å². The summed E-state index contributed by atoms with van der Waals surface area (Å²) in [6.45, 7) is 6.07. The summed E-state index contributed by atoms with van der Waals surface area (Å²) < 4.78 is 28.9. The Balaban J connectivity index is 1.74. The van der Waals surface area contributed by atoms with E-state index in [1.807, 2.05) is 49.8 Å². The summed E-state index contributed by atoms with van der Waals surface area (Å²) in [5.74, 6) is -2.24. The smallest absolute Gasteiger partial charge is 0.254 e. The van der Waals surface area contributed by atoms with Crippen LogP contribution in [-0.2, 0) is 0 Å². The minimum atomic E-state index is -2.70. The molecule has 1 N–H and O–H groups in total. The SMILES string of the molecule is Cc1cnc(-c2ccc(C(=O)N3CCC(F)(F)CC3)c(-c3ccn(C(C)C)n3)c2)[nH]1. The van der Waals surface area contributed by atoms with Gasteiger partial charge >= 0.3 is 0 Å². The van der Waals surface area contributed by atoms with Gasteiger partial charge in [-0.2, -0.15) is 5.10 Å². The first-order chi connectivity index (χ1) is 14.2. The summed E-state index contributed by atoms with van der Waals surface area (Å²) in [7, 11) is 0. The number of alkyl halides is 2. The van der Waals surface area contributed by atoms with Crippen molar-refractivity contribution in [1.82, 2.24) is 24.6 Å². The van der Waals surface area contributed by atoms with Gasteiger partial charge in [0, 0.05) is 66.8 Å². The van der Waals surface area contributed by atoms with E-state index in [-0.39, 0.29) is 37.9 Å². The van der Waals surface area contributed by atoms with Crippen molar-refractivity contribution < 1.29 is 13.6 Å². The van der Waals surface area contributed by atoms with Crippen LogP contribution in [0.2, 0.25) is 0 Å². The van der Waals surface area contributed by atoms with Crippen LogP contribution in [0.5, 0.6) is 0 Å². The Hall–Kier alpha value is -3.03. The number of imidazole rings is 1. The number of hydrogen-bond acceptors (Lipinski definition) is 3. The first-order valence-corrected chi connectivity index (χ1v) is 10.1. The van der Waals surface area contributed by atoms with Crippen LogP contribution < -0.4 is 0 Å². The first-order valence-electron chi connectivity index (χ1n) is 10.1. The average molecular weight is 413 g/mol. The van der Waals surface area contributed by atoms with Crippen molar-refractivity contribution in [2.75, 3.05) is 13.1 Å². The molecule has 0 spiro atoms. The van der Waals surface area contributed by atoms with Gasteiger partial charge in [0.15, 0.2) is 0 Å². The molecule has 1 aliphatic rings. The van der Waals surface area contributed by atoms with E-state index in [2.05, 4.69) is 15.1 Å². The van der Waals surface area contributed by atoms with E-state index in [9.17, 15) is 13.6 Å². The molecule has 2 aromatic heterocycles. The number of H-pyrrole nitrogens is 1. The lowest BCUT2D eigenvalue weighted by molar-refractivity contribution is -0.0494. The molecule has 30 heavy (non-hydrogen) atoms. The molecule has 1 aromatic carbocycles. The van der Waals surface area contributed by atoms with Gasteiger partial charge in [0.25, 0.3) is 11.8 Å². The number of nitrogens with zero attached hydrogens (tertiary/aromatic N) is 4. The lowest BCUT2D eigenvalue weighted by Gasteiger charge is -2.32. The fourth-order valence-corrected chi connectivity index (χ4v) is 3.63. The van der Waals surface area contributed by atoms with Crippen LogP contribution in [0.3, 0.4) is 0 Å². The van der Waals surface area contributed by atoms with Crippen molar-refractivity contribution in [3.63, 3.8) is 0 Å². The van der Waals surface area contributed by atoms with Gasteiger partial charge in [-0.3, -0.25) is 9.48 Å². The Morgan fingerprint density at radius 2 is 1.93 bits per heavy atom. The molecule has 0 saturated carbocycles. The Labute approximate surface area is 173 Å². The number of piperidine rings is 1. The highest BCUT2D eigenvalue weighted by Gasteiger charge is 2.36. The molecule has 0 unspecified atom stereocenters. The van der Waals surface area contributed by atoms with Crippen molar-refractivity contribution >= 4 is 5.91 Å². The largest absolute Gasteiger partial charge is 0.342 e. The molecule has 3 aromatic rings. The molecule has 1 saturated heterocycles. The quantitative estimate of drug-likeness (QED) is 0.674. The third-order valence-corrected chi connectivity index (χ3v) is 5.42. The lowest BCUT2D eigenvalue weighted by Crippen LogP contribution is -2.42. The van der Waals surface area contributed by atoms with E-state index in [1.165, 1.54) is 4.90 Å². The summed E-state index contributed by atoms with van der Waals surface area (Å²) in [5.41, 5.74) is 3.56. The number of benzene rings is 1. The molecule has 1 fully saturated rings. The number of carbonyl (C=O) groups excluding carboxylic acids is 1. The highest BCUT2D eigenvalue weighted by molar-refractivity contribution is 6.01. The van der Waals surface area contributed by atoms with Gasteiger partial charge in [0.2, 0.25) is 0 Å². The standard InChI is InChI=1S/C22H25F2N5O/c1-14(2)29-9-6-19(27-29)18-12-16(20-25-13-15(3)26-20)4-5-17(18)21(30)28-10-7-22(23,24)8-11-28/h4-6,9,12-14H,7-8,10-11H2,1-3H3,(H,25,26). The van der Waals surface area contributed by atoms with Gasteiger partial charge in [-0.15, -0.1) is 0 Å². The third kappa shape index (κ3) is 3.99. The van der Waals surface area contributed by atoms with Crippen LogP contribution in [0.1, 0.15) is 48.8 Å². The van der Waals surface area contributed by atoms with E-state index >= 15 is 0 Å². The molecular formula is C22H25F2N5O. The van der Waals surface area contributed by atoms with Gasteiger partial charge < -0.3 is 9.88 Å². The minimum Gasteiger partial charge on any atom is -0.342 e. The highest BCUT2D eigenvalue weighted by atomic mass is 19.3. The van der Waals surface area contributed by atoms with Gasteiger partial charge in [-0.25, -0.2) is 13.8 Å². The van der Waals surface area contributed by atoms with Crippen LogP contribution in [-0.4, -0.2) is 49.6 Å². The molecule has 3 heterocycles. The van der Waals surface area contributed by atoms with E-state index in [1.54, 1.807) is 12.3 Å². The van der Waals surface area contributed by atoms with Crippen molar-refractivity contribution in [3.8, 4) is 22.6 Å². The molecule has 6 nitrogen and oxygen atoms in total. The molecule has 0 aliphatic carbocycles. The Kier molecular flexibility index (Phi) is 5.17. The van der Waals surface area contributed by atoms with Gasteiger partial charge in [0.05, 0.1) is 5.69 Å². The zero-order chi connectivity index (χ0) is 21.5. The summed E-state index contributed by atoms with van der Waals surface area (Å²) in [5, 5.41) is 4.63. The summed E-state index contributed by atoms with van der Waals surface area (Å²) in [4.78, 5) is 22.3. The number of carbonyl (C=O) groups is 1. The number of likely N-dealkylation sites (tertiary alicyclic amines) is 1. The van der Waals surface area contributed by atoms with E-state index in [4.69, 9.17) is 0 Å². The number of halogens is 2. The van der Waals surface area contributed by atoms with E-state index in [0.717, 1.165) is 11.3 Å². The molecular weight excluding hydrogens is 388 g/mol. The van der Waals surface area contributed by atoms with Crippen LogP contribution in [0.25, 0.3) is 22.6 Å². The third-order valence-electron chi connectivity index (χ3n) is 5.42. The first kappa shape index (κ1) is 20.3. The summed E-state index contributed by atoms with van der Waals surface area (Å²) >= 11 is 0. The van der Waals surface area contributed by atoms with Crippen molar-refractivity contribution in [2.24, 2.45) is 0 Å². The predicted octanol–water partition coefficient (Wildman–Crippen LogP) is 4.70. The average Bonchev–Trinajstić information content (AvgIpc) is 3.36. The molecule has 4 rings (SSSR count). The van der Waals surface area contributed by atoms with Crippen LogP contribution in [0.15, 0.2) is 36.7 Å². The highest BCUT2D eigenvalue weighted by Crippen LogP contribution is 2.32. The normalized spacial score (nSPS) is 16.3. The van der Waals surface area contributed by atoms with Gasteiger partial charge in [0.1, 0.15) is 5.82 Å². The molecule has 0 atom stereocenters. The number of aromatic nitrogens is 4. The number of nitrogens with one attached hydrogen (secondary N) is 1. The molecule has 8 heteroatoms. The van der Waals surface area contributed by atoms with Crippen molar-refractivity contribution in [3.05, 3.63) is 47.9 Å². The monoisotopic (exact) mass is 413 g/mol. The van der Waals surface area contributed by atoms with Crippen LogP contribution in [0, 0.1) is 6.92 Å². The number of rotatable bonds is 4. The molecule has 1 aliphatic heterocycles. The zero-order valence-corrected chi connectivity index (χ0v) is 17.3. The topological polar surface area (TPSA) is 66.8 Å². The molecule has 1 amide bonds. The summed E-state index contributed by atoms with van der Waals surface area (Å²) in [6.07, 6.45) is 3.01. The Morgan fingerprint density at radius 1 is 1.20 bits per heavy atom. The number of hydrogen-bond donors (Lipinski definition) is 1. The van der Waals surface area contributed by atoms with Crippen molar-refractivity contribution in [1.29, 1.82) is 0 Å². The Morgan fingerprint density at radius 3 is 2.53 bits per heavy atom. The molecule has 0 radical (unpaired) electrons. The Bertz CT molecular complexity index is 1060. The summed E-state index contributed by atoms with van der Waals surface area (Å²) in [6, 6.07) is 7.50. The van der Waals surface area contributed by atoms with Gasteiger partial charge in [-0.1, -0.05) is 6.07 Å². The zero-order valence-electron chi connectivity index (χ0n) is 17.3. The molecule has 158 valence electrons. The lowest BCUT2D eigenvalue weighted by atomic mass is 9.98. The fraction of sp³-hybridized carbons (Fsp3) is 0.409. The fourth-order valence-electron chi connectivity index (χ4n) is 3.63. The van der Waals surface area contributed by atoms with E-state index in [0.29, 0.717) is 22.6 Å². The maximum atomic E-state index is 13.5. The number of aromatic amines is 1. The maximum Gasteiger partial charge on any atom is 0.254 e. The number of amides is 1. The molecule has 0 bridgehead atoms. The number of aryl methyl sites for hydroxylation is 1. The maximum absolute atomic E-state index is 13.5. The minimum absolute atomic E-state index is 0.0465. The van der Waals surface area contributed by atoms with Crippen molar-refractivity contribution in [2.45, 2.75) is 45.6 Å².